The molecule has 0 bridgehead atoms. The van der Waals surface area contributed by atoms with Gasteiger partial charge in [-0.2, -0.15) is 0 Å². The molecule has 0 rings (SSSR count). The third-order valence-electron chi connectivity index (χ3n) is 7.38. The van der Waals surface area contributed by atoms with Crippen LogP contribution in [0.5, 0.6) is 0 Å². The van der Waals surface area contributed by atoms with Crippen molar-refractivity contribution in [1.82, 2.24) is 5.32 Å². The highest BCUT2D eigenvalue weighted by molar-refractivity contribution is 7.45. The summed E-state index contributed by atoms with van der Waals surface area (Å²) in [5, 5.41) is 13.5. The van der Waals surface area contributed by atoms with Gasteiger partial charge in [-0.25, -0.2) is 0 Å². The second-order valence-electron chi connectivity index (χ2n) is 13.2. The number of aliphatic hydroxyl groups excluding tert-OH is 1. The molecular formula is C39H69N2O6P. The Morgan fingerprint density at radius 3 is 1.92 bits per heavy atom. The number of carbonyl (C=O) groups is 1. The lowest BCUT2D eigenvalue weighted by atomic mass is 10.1. The van der Waals surface area contributed by atoms with Crippen LogP contribution in [0.4, 0.5) is 0 Å². The highest BCUT2D eigenvalue weighted by Gasteiger charge is 2.23. The maximum Gasteiger partial charge on any atom is 0.268 e. The van der Waals surface area contributed by atoms with Crippen LogP contribution < -0.4 is 10.2 Å². The maximum absolute atomic E-state index is 12.7. The van der Waals surface area contributed by atoms with Gasteiger partial charge in [0.25, 0.3) is 7.82 Å². The molecule has 0 aliphatic carbocycles. The molecule has 0 aliphatic heterocycles. The van der Waals surface area contributed by atoms with Crippen LogP contribution >= 0.6 is 7.82 Å². The number of allylic oxidation sites excluding steroid dienone is 11. The number of rotatable bonds is 31. The van der Waals surface area contributed by atoms with Gasteiger partial charge < -0.3 is 28.8 Å². The molecule has 0 aromatic heterocycles. The van der Waals surface area contributed by atoms with Gasteiger partial charge in [-0.3, -0.25) is 9.36 Å². The van der Waals surface area contributed by atoms with E-state index >= 15 is 0 Å². The van der Waals surface area contributed by atoms with Crippen LogP contribution in [0, 0.1) is 0 Å². The lowest BCUT2D eigenvalue weighted by Gasteiger charge is -2.29. The first-order chi connectivity index (χ1) is 23.0. The predicted molar refractivity (Wildman–Crippen MR) is 200 cm³/mol. The molecule has 3 unspecified atom stereocenters. The minimum Gasteiger partial charge on any atom is -0.756 e. The Hall–Kier alpha value is -2.06. The molecule has 0 saturated carbocycles. The van der Waals surface area contributed by atoms with Crippen molar-refractivity contribution in [1.29, 1.82) is 0 Å². The van der Waals surface area contributed by atoms with Gasteiger partial charge in [-0.1, -0.05) is 119 Å². The van der Waals surface area contributed by atoms with Gasteiger partial charge in [0.1, 0.15) is 13.2 Å². The normalized spacial score (nSPS) is 15.6. The molecule has 0 aliphatic rings. The van der Waals surface area contributed by atoms with Crippen LogP contribution in [0.25, 0.3) is 0 Å². The zero-order valence-corrected chi connectivity index (χ0v) is 31.8. The SMILES string of the molecule is CC/C=C\C/C=C\C/C=C\C/C=C\CCCCCCCCC(=O)NC(COP(=O)([O-])OCC[N+](C)(C)C)C(O)/C=C/CC/C=C/CCC. The van der Waals surface area contributed by atoms with Gasteiger partial charge in [-0.15, -0.1) is 0 Å². The number of nitrogens with one attached hydrogen (secondary N) is 1. The van der Waals surface area contributed by atoms with Crippen LogP contribution in [0.2, 0.25) is 0 Å². The quantitative estimate of drug-likeness (QED) is 0.0326. The number of quaternary nitrogens is 1. The number of carbonyl (C=O) groups excluding carboxylic acids is 1. The molecule has 9 heteroatoms. The van der Waals surface area contributed by atoms with E-state index in [1.165, 1.54) is 12.8 Å². The summed E-state index contributed by atoms with van der Waals surface area (Å²) in [5.74, 6) is -0.232. The first-order valence-corrected chi connectivity index (χ1v) is 19.8. The number of hydrogen-bond acceptors (Lipinski definition) is 6. The van der Waals surface area contributed by atoms with Crippen molar-refractivity contribution >= 4 is 13.7 Å². The van der Waals surface area contributed by atoms with Crippen molar-refractivity contribution in [3.63, 3.8) is 0 Å². The van der Waals surface area contributed by atoms with E-state index in [1.54, 1.807) is 6.08 Å². The zero-order valence-electron chi connectivity index (χ0n) is 30.9. The number of phosphoric ester groups is 1. The summed E-state index contributed by atoms with van der Waals surface area (Å²) in [4.78, 5) is 25.0. The van der Waals surface area contributed by atoms with E-state index in [1.807, 2.05) is 27.2 Å². The lowest BCUT2D eigenvalue weighted by molar-refractivity contribution is -0.870. The molecule has 276 valence electrons. The Balaban J connectivity index is 4.43. The largest absolute Gasteiger partial charge is 0.756 e. The predicted octanol–water partition coefficient (Wildman–Crippen LogP) is 8.66. The number of aliphatic hydroxyl groups is 1. The van der Waals surface area contributed by atoms with Crippen LogP contribution in [0.3, 0.4) is 0 Å². The highest BCUT2D eigenvalue weighted by atomic mass is 31.2. The number of amides is 1. The van der Waals surface area contributed by atoms with Gasteiger partial charge in [-0.05, 0) is 64.2 Å². The summed E-state index contributed by atoms with van der Waals surface area (Å²) >= 11 is 0. The molecule has 8 nitrogen and oxygen atoms in total. The van der Waals surface area contributed by atoms with Crippen LogP contribution in [0.1, 0.15) is 117 Å². The first kappa shape index (κ1) is 45.9. The number of unbranched alkanes of at least 4 members (excludes halogenated alkanes) is 8. The topological polar surface area (TPSA) is 108 Å². The molecule has 0 spiro atoms. The van der Waals surface area contributed by atoms with Crippen molar-refractivity contribution in [3.8, 4) is 0 Å². The van der Waals surface area contributed by atoms with Gasteiger partial charge >= 0.3 is 0 Å². The van der Waals surface area contributed by atoms with Crippen molar-refractivity contribution in [2.75, 3.05) is 40.9 Å². The van der Waals surface area contributed by atoms with E-state index in [-0.39, 0.29) is 12.5 Å². The number of likely N-dealkylation sites (N-methyl/N-ethyl adjacent to an activating group) is 1. The molecule has 0 fully saturated rings. The lowest BCUT2D eigenvalue weighted by Crippen LogP contribution is -2.45. The smallest absolute Gasteiger partial charge is 0.268 e. The molecule has 0 aromatic carbocycles. The molecule has 48 heavy (non-hydrogen) atoms. The second kappa shape index (κ2) is 31.0. The summed E-state index contributed by atoms with van der Waals surface area (Å²) in [6.45, 7) is 4.34. The number of phosphoric acid groups is 1. The standard InChI is InChI=1S/C39H69N2O6P/c1-6-8-10-12-14-15-16-17-18-19-20-21-22-23-24-25-27-29-31-33-39(43)40-37(38(42)32-30-28-26-13-11-9-7-2)36-47-48(44,45)46-35-34-41(3,4)5/h8,10-11,13-15,17-18,20-21,30,32,37-38,42H,6-7,9,12,16,19,22-29,31,33-36H2,1-5H3,(H-,40,43,44,45)/b10-8-,13-11+,15-14-,18-17-,21-20-,32-30+. The Kier molecular flexibility index (Phi) is 29.6. The van der Waals surface area contributed by atoms with E-state index in [0.29, 0.717) is 17.4 Å². The fourth-order valence-electron chi connectivity index (χ4n) is 4.46. The highest BCUT2D eigenvalue weighted by Crippen LogP contribution is 2.38. The van der Waals surface area contributed by atoms with Gasteiger partial charge in [0.2, 0.25) is 5.91 Å². The van der Waals surface area contributed by atoms with E-state index in [4.69, 9.17) is 9.05 Å². The molecule has 0 saturated heterocycles. The summed E-state index contributed by atoms with van der Waals surface area (Å²) in [6, 6.07) is -0.910. The Bertz CT molecular complexity index is 1010. The number of hydrogen-bond donors (Lipinski definition) is 2. The van der Waals surface area contributed by atoms with E-state index in [0.717, 1.165) is 83.5 Å². The monoisotopic (exact) mass is 692 g/mol. The summed E-state index contributed by atoms with van der Waals surface area (Å²) in [7, 11) is 1.21. The van der Waals surface area contributed by atoms with Crippen LogP contribution in [-0.4, -0.2) is 68.5 Å². The zero-order chi connectivity index (χ0) is 35.8. The maximum atomic E-state index is 12.7. The molecule has 0 radical (unpaired) electrons. The Labute approximate surface area is 294 Å². The van der Waals surface area contributed by atoms with E-state index < -0.39 is 26.6 Å². The molecule has 1 amide bonds. The molecule has 2 N–H and O–H groups in total. The first-order valence-electron chi connectivity index (χ1n) is 18.3. The van der Waals surface area contributed by atoms with Crippen molar-refractivity contribution in [2.45, 2.75) is 129 Å². The third-order valence-corrected chi connectivity index (χ3v) is 8.35. The minimum absolute atomic E-state index is 0.0141. The van der Waals surface area contributed by atoms with Gasteiger partial charge in [0.15, 0.2) is 0 Å². The van der Waals surface area contributed by atoms with Crippen LogP contribution in [-0.2, 0) is 18.4 Å². The van der Waals surface area contributed by atoms with Crippen molar-refractivity contribution < 1.29 is 32.9 Å². The van der Waals surface area contributed by atoms with E-state index in [9.17, 15) is 19.4 Å². The number of nitrogens with zero attached hydrogens (tertiary/aromatic N) is 1. The second-order valence-corrected chi connectivity index (χ2v) is 14.6. The molecule has 0 aromatic rings. The minimum atomic E-state index is -4.59. The molecular weight excluding hydrogens is 623 g/mol. The third kappa shape index (κ3) is 32.5. The molecule has 0 heterocycles. The van der Waals surface area contributed by atoms with Crippen molar-refractivity contribution in [2.24, 2.45) is 0 Å². The fraction of sp³-hybridized carbons (Fsp3) is 0.667. The van der Waals surface area contributed by atoms with Crippen LogP contribution in [0.15, 0.2) is 72.9 Å². The summed E-state index contributed by atoms with van der Waals surface area (Å²) < 4.78 is 22.9. The van der Waals surface area contributed by atoms with Gasteiger partial charge in [0, 0.05) is 6.42 Å². The van der Waals surface area contributed by atoms with E-state index in [2.05, 4.69) is 79.9 Å². The van der Waals surface area contributed by atoms with Crippen molar-refractivity contribution in [3.05, 3.63) is 72.9 Å². The fourth-order valence-corrected chi connectivity index (χ4v) is 5.18. The average molecular weight is 693 g/mol. The van der Waals surface area contributed by atoms with Gasteiger partial charge in [0.05, 0.1) is 39.9 Å². The Morgan fingerprint density at radius 1 is 0.750 bits per heavy atom. The Morgan fingerprint density at radius 2 is 1.29 bits per heavy atom. The average Bonchev–Trinajstić information content (AvgIpc) is 3.02. The summed E-state index contributed by atoms with van der Waals surface area (Å²) in [5.41, 5.74) is 0. The summed E-state index contributed by atoms with van der Waals surface area (Å²) in [6.07, 6.45) is 39.7. The molecule has 3 atom stereocenters.